The van der Waals surface area contributed by atoms with Gasteiger partial charge in [-0.2, -0.15) is 0 Å². The van der Waals surface area contributed by atoms with Crippen LogP contribution in [0.5, 0.6) is 0 Å². The molecule has 0 saturated carbocycles. The number of hydrogen-bond acceptors (Lipinski definition) is 1. The van der Waals surface area contributed by atoms with Crippen LogP contribution in [0.25, 0.3) is 0 Å². The molecule has 0 aliphatic carbocycles. The highest BCUT2D eigenvalue weighted by Gasteiger charge is 2.33. The molecule has 1 aromatic carbocycles. The Kier molecular flexibility index (Phi) is 5.14. The Morgan fingerprint density at radius 1 is 1.10 bits per heavy atom. The first-order valence-electron chi connectivity index (χ1n) is 7.81. The van der Waals surface area contributed by atoms with Gasteiger partial charge in [0.15, 0.2) is 0 Å². The predicted molar refractivity (Wildman–Crippen MR) is 86.7 cm³/mol. The minimum atomic E-state index is 0.0612. The van der Waals surface area contributed by atoms with Crippen molar-refractivity contribution in [1.29, 1.82) is 0 Å². The molecule has 0 amide bonds. The molecular formula is C18H27ClO. The van der Waals surface area contributed by atoms with Gasteiger partial charge in [-0.1, -0.05) is 45.9 Å². The second kappa shape index (κ2) is 6.49. The van der Waals surface area contributed by atoms with Crippen molar-refractivity contribution in [2.45, 2.75) is 64.4 Å². The van der Waals surface area contributed by atoms with Crippen molar-refractivity contribution in [1.82, 2.24) is 0 Å². The maximum absolute atomic E-state index is 6.81. The average molecular weight is 295 g/mol. The first-order chi connectivity index (χ1) is 9.41. The normalized spacial score (nSPS) is 24.6. The van der Waals surface area contributed by atoms with Gasteiger partial charge in [0.05, 0.1) is 11.5 Å². The highest BCUT2D eigenvalue weighted by Crippen LogP contribution is 2.41. The van der Waals surface area contributed by atoms with E-state index >= 15 is 0 Å². The zero-order valence-corrected chi connectivity index (χ0v) is 14.1. The molecule has 3 unspecified atom stereocenters. The second-order valence-corrected chi connectivity index (χ2v) is 7.10. The molecular weight excluding hydrogens is 268 g/mol. The van der Waals surface area contributed by atoms with Crippen molar-refractivity contribution in [3.05, 3.63) is 34.9 Å². The van der Waals surface area contributed by atoms with Crippen LogP contribution in [0, 0.1) is 5.92 Å². The highest BCUT2D eigenvalue weighted by molar-refractivity contribution is 6.21. The van der Waals surface area contributed by atoms with Crippen LogP contribution >= 0.6 is 11.6 Å². The van der Waals surface area contributed by atoms with Crippen molar-refractivity contribution in [3.8, 4) is 0 Å². The molecule has 2 heteroatoms. The zero-order chi connectivity index (χ0) is 14.9. The van der Waals surface area contributed by atoms with Crippen molar-refractivity contribution in [2.75, 3.05) is 6.61 Å². The lowest BCUT2D eigenvalue weighted by Gasteiger charge is -2.25. The quantitative estimate of drug-likeness (QED) is 0.653. The minimum Gasteiger partial charge on any atom is -0.378 e. The van der Waals surface area contributed by atoms with E-state index in [9.17, 15) is 0 Å². The molecule has 20 heavy (non-hydrogen) atoms. The Hall–Kier alpha value is -0.530. The number of halogens is 1. The first kappa shape index (κ1) is 15.9. The van der Waals surface area contributed by atoms with Gasteiger partial charge in [0.25, 0.3) is 0 Å². The van der Waals surface area contributed by atoms with Crippen LogP contribution in [0.1, 0.15) is 74.9 Å². The second-order valence-electron chi connectivity index (χ2n) is 6.63. The summed E-state index contributed by atoms with van der Waals surface area (Å²) < 4.78 is 5.69. The van der Waals surface area contributed by atoms with Gasteiger partial charge in [0.2, 0.25) is 0 Å². The Morgan fingerprint density at radius 3 is 2.30 bits per heavy atom. The third-order valence-corrected chi connectivity index (χ3v) is 5.07. The number of ether oxygens (including phenoxy) is 1. The molecule has 1 aliphatic rings. The van der Waals surface area contributed by atoms with Gasteiger partial charge in [-0.25, -0.2) is 0 Å². The van der Waals surface area contributed by atoms with Gasteiger partial charge in [0.1, 0.15) is 0 Å². The highest BCUT2D eigenvalue weighted by atomic mass is 35.5. The summed E-state index contributed by atoms with van der Waals surface area (Å²) in [4.78, 5) is 0. The molecule has 0 bridgehead atoms. The summed E-state index contributed by atoms with van der Waals surface area (Å²) in [6.45, 7) is 12.0. The predicted octanol–water partition coefficient (Wildman–Crippen LogP) is 5.64. The summed E-state index contributed by atoms with van der Waals surface area (Å²) in [5.74, 6) is 1.49. The van der Waals surface area contributed by atoms with E-state index in [-0.39, 0.29) is 11.5 Å². The fraction of sp³-hybridized carbons (Fsp3) is 0.667. The standard InChI is InChI=1S/C18H27ClO/c1-11(2)14-6-7-16(17(10-14)12(3)4)18(19)15-8-9-20-13(15)5/h6-7,10-13,15,18H,8-9H2,1-5H3. The van der Waals surface area contributed by atoms with Crippen molar-refractivity contribution >= 4 is 11.6 Å². The van der Waals surface area contributed by atoms with Crippen LogP contribution < -0.4 is 0 Å². The Balaban J connectivity index is 2.35. The summed E-state index contributed by atoms with van der Waals surface area (Å²) >= 11 is 6.81. The molecule has 1 nitrogen and oxygen atoms in total. The summed E-state index contributed by atoms with van der Waals surface area (Å²) in [7, 11) is 0. The van der Waals surface area contributed by atoms with Crippen LogP contribution in [0.4, 0.5) is 0 Å². The fourth-order valence-electron chi connectivity index (χ4n) is 3.07. The molecule has 1 fully saturated rings. The van der Waals surface area contributed by atoms with E-state index in [1.165, 1.54) is 16.7 Å². The molecule has 1 aromatic rings. The van der Waals surface area contributed by atoms with Gasteiger partial charge >= 0.3 is 0 Å². The maximum atomic E-state index is 6.81. The lowest BCUT2D eigenvalue weighted by atomic mass is 9.85. The molecule has 0 aromatic heterocycles. The van der Waals surface area contributed by atoms with Gasteiger partial charge in [0, 0.05) is 12.5 Å². The SMILES string of the molecule is CC(C)c1ccc(C(Cl)C2CCOC2C)c(C(C)C)c1. The van der Waals surface area contributed by atoms with E-state index in [0.717, 1.165) is 13.0 Å². The van der Waals surface area contributed by atoms with Crippen LogP contribution in [0.15, 0.2) is 18.2 Å². The molecule has 112 valence electrons. The van der Waals surface area contributed by atoms with E-state index in [1.807, 2.05) is 0 Å². The third kappa shape index (κ3) is 3.20. The van der Waals surface area contributed by atoms with Crippen molar-refractivity contribution in [2.24, 2.45) is 5.92 Å². The Morgan fingerprint density at radius 2 is 1.80 bits per heavy atom. The number of hydrogen-bond donors (Lipinski definition) is 0. The van der Waals surface area contributed by atoms with Crippen molar-refractivity contribution in [3.63, 3.8) is 0 Å². The molecule has 1 heterocycles. The van der Waals surface area contributed by atoms with Crippen LogP contribution in [0.2, 0.25) is 0 Å². The van der Waals surface area contributed by atoms with E-state index in [4.69, 9.17) is 16.3 Å². The van der Waals surface area contributed by atoms with E-state index < -0.39 is 0 Å². The lowest BCUT2D eigenvalue weighted by Crippen LogP contribution is -2.18. The summed E-state index contributed by atoms with van der Waals surface area (Å²) in [6.07, 6.45) is 1.33. The van der Waals surface area contributed by atoms with E-state index in [2.05, 4.69) is 52.8 Å². The average Bonchev–Trinajstić information content (AvgIpc) is 2.83. The van der Waals surface area contributed by atoms with Crippen LogP contribution in [-0.4, -0.2) is 12.7 Å². The summed E-state index contributed by atoms with van der Waals surface area (Å²) in [6, 6.07) is 6.83. The first-order valence-corrected chi connectivity index (χ1v) is 8.24. The van der Waals surface area contributed by atoms with E-state index in [0.29, 0.717) is 17.8 Å². The lowest BCUT2D eigenvalue weighted by molar-refractivity contribution is 0.105. The maximum Gasteiger partial charge on any atom is 0.0641 e. The number of rotatable bonds is 4. The molecule has 2 rings (SSSR count). The monoisotopic (exact) mass is 294 g/mol. The van der Waals surface area contributed by atoms with Crippen LogP contribution in [-0.2, 0) is 4.74 Å². The molecule has 1 aliphatic heterocycles. The van der Waals surface area contributed by atoms with Gasteiger partial charge < -0.3 is 4.74 Å². The minimum absolute atomic E-state index is 0.0612. The van der Waals surface area contributed by atoms with E-state index in [1.54, 1.807) is 0 Å². The Bertz CT molecular complexity index is 453. The molecule has 3 atom stereocenters. The Labute approximate surface area is 128 Å². The topological polar surface area (TPSA) is 9.23 Å². The summed E-state index contributed by atoms with van der Waals surface area (Å²) in [5.41, 5.74) is 4.10. The van der Waals surface area contributed by atoms with Crippen LogP contribution in [0.3, 0.4) is 0 Å². The molecule has 1 saturated heterocycles. The third-order valence-electron chi connectivity index (χ3n) is 4.51. The van der Waals surface area contributed by atoms with Gasteiger partial charge in [-0.15, -0.1) is 11.6 Å². The molecule has 0 radical (unpaired) electrons. The summed E-state index contributed by atoms with van der Waals surface area (Å²) in [5, 5.41) is 0.0612. The largest absolute Gasteiger partial charge is 0.378 e. The molecule has 0 spiro atoms. The molecule has 0 N–H and O–H groups in total. The van der Waals surface area contributed by atoms with Crippen molar-refractivity contribution < 1.29 is 4.74 Å². The van der Waals surface area contributed by atoms with Gasteiger partial charge in [-0.05, 0) is 41.9 Å². The fourth-order valence-corrected chi connectivity index (χ4v) is 3.60. The smallest absolute Gasteiger partial charge is 0.0641 e. The number of alkyl halides is 1. The number of benzene rings is 1. The van der Waals surface area contributed by atoms with Gasteiger partial charge in [-0.3, -0.25) is 0 Å². The zero-order valence-electron chi connectivity index (χ0n) is 13.3.